The highest BCUT2D eigenvalue weighted by molar-refractivity contribution is 6.10. The summed E-state index contributed by atoms with van der Waals surface area (Å²) in [6.07, 6.45) is 5.51. The lowest BCUT2D eigenvalue weighted by atomic mass is 9.85. The number of Topliss-reactive ketones (excluding diaryl/α,β-unsaturated/α-hetero) is 1. The van der Waals surface area contributed by atoms with E-state index in [1.54, 1.807) is 30.2 Å². The van der Waals surface area contributed by atoms with Crippen LogP contribution in [0.2, 0.25) is 0 Å². The van der Waals surface area contributed by atoms with Crippen molar-refractivity contribution in [1.29, 1.82) is 0 Å². The third kappa shape index (κ3) is 3.59. The van der Waals surface area contributed by atoms with Gasteiger partial charge in [-0.05, 0) is 19.4 Å². The maximum Gasteiger partial charge on any atom is 0.240 e. The molecular formula is C22H22N2O2. The minimum atomic E-state index is -0.524. The van der Waals surface area contributed by atoms with Crippen molar-refractivity contribution in [3.8, 4) is 0 Å². The van der Waals surface area contributed by atoms with E-state index < -0.39 is 11.9 Å². The maximum absolute atomic E-state index is 13.1. The monoisotopic (exact) mass is 346 g/mol. The summed E-state index contributed by atoms with van der Waals surface area (Å²) in [5, 5.41) is 0. The molecule has 0 saturated carbocycles. The molecule has 0 fully saturated rings. The quantitative estimate of drug-likeness (QED) is 0.842. The van der Waals surface area contributed by atoms with Crippen LogP contribution in [0.25, 0.3) is 0 Å². The Kier molecular flexibility index (Phi) is 5.03. The Bertz CT molecular complexity index is 867. The van der Waals surface area contributed by atoms with Crippen LogP contribution in [0.1, 0.15) is 34.3 Å². The molecule has 3 rings (SSSR count). The Morgan fingerprint density at radius 1 is 1.04 bits per heavy atom. The number of nitrogens with two attached hydrogens (primary N) is 1. The summed E-state index contributed by atoms with van der Waals surface area (Å²) in [5.74, 6) is -0.659. The van der Waals surface area contributed by atoms with E-state index in [0.717, 1.165) is 11.1 Å². The van der Waals surface area contributed by atoms with Crippen LogP contribution in [0, 0.1) is 6.92 Å². The molecule has 1 amide bonds. The number of allylic oxidation sites excluding steroid dienone is 2. The van der Waals surface area contributed by atoms with Gasteiger partial charge in [-0.2, -0.15) is 0 Å². The topological polar surface area (TPSA) is 63.4 Å². The molecule has 1 aliphatic heterocycles. The average molecular weight is 346 g/mol. The molecule has 0 radical (unpaired) electrons. The highest BCUT2D eigenvalue weighted by atomic mass is 16.1. The summed E-state index contributed by atoms with van der Waals surface area (Å²) in [4.78, 5) is 26.4. The summed E-state index contributed by atoms with van der Waals surface area (Å²) >= 11 is 0. The van der Waals surface area contributed by atoms with Crippen LogP contribution in [-0.2, 0) is 4.79 Å². The van der Waals surface area contributed by atoms with Crippen LogP contribution in [0.5, 0.6) is 0 Å². The zero-order chi connectivity index (χ0) is 18.7. The number of amides is 1. The molecule has 4 nitrogen and oxygen atoms in total. The number of rotatable bonds is 5. The molecule has 2 aromatic carbocycles. The standard InChI is InChI=1S/C22H22N2O2/c1-15-8-10-17(11-9-15)19-12-13-24(16(2)22(23)26)14-20(19)21(25)18-6-4-3-5-7-18/h3-14,16,19H,1-2H3,(H2,23,26). The van der Waals surface area contributed by atoms with Crippen molar-refractivity contribution < 1.29 is 9.59 Å². The number of hydrogen-bond donors (Lipinski definition) is 1. The van der Waals surface area contributed by atoms with Gasteiger partial charge in [0.25, 0.3) is 0 Å². The van der Waals surface area contributed by atoms with E-state index in [4.69, 9.17) is 5.73 Å². The van der Waals surface area contributed by atoms with Crippen LogP contribution in [0.3, 0.4) is 0 Å². The number of aryl methyl sites for hydroxylation is 1. The van der Waals surface area contributed by atoms with Crippen molar-refractivity contribution in [2.75, 3.05) is 0 Å². The van der Waals surface area contributed by atoms with Crippen molar-refractivity contribution in [2.24, 2.45) is 5.73 Å². The summed E-state index contributed by atoms with van der Waals surface area (Å²) in [6.45, 7) is 3.75. The number of ketones is 1. The minimum absolute atomic E-state index is 0.0535. The second kappa shape index (κ2) is 7.40. The molecule has 0 bridgehead atoms. The van der Waals surface area contributed by atoms with Gasteiger partial charge in [-0.1, -0.05) is 66.2 Å². The second-order valence-electron chi connectivity index (χ2n) is 6.54. The normalized spacial score (nSPS) is 17.5. The molecule has 0 aromatic heterocycles. The first kappa shape index (κ1) is 17.7. The molecule has 2 atom stereocenters. The van der Waals surface area contributed by atoms with E-state index in [1.165, 1.54) is 0 Å². The SMILES string of the molecule is Cc1ccc(C2C=CN(C(C)C(N)=O)C=C2C(=O)c2ccccc2)cc1. The Morgan fingerprint density at radius 2 is 1.69 bits per heavy atom. The van der Waals surface area contributed by atoms with E-state index in [9.17, 15) is 9.59 Å². The van der Waals surface area contributed by atoms with Gasteiger partial charge < -0.3 is 10.6 Å². The summed E-state index contributed by atoms with van der Waals surface area (Å²) in [6, 6.07) is 16.8. The minimum Gasteiger partial charge on any atom is -0.368 e. The highest BCUT2D eigenvalue weighted by Gasteiger charge is 2.27. The first-order valence-corrected chi connectivity index (χ1v) is 8.60. The molecule has 2 unspecified atom stereocenters. The van der Waals surface area contributed by atoms with E-state index in [2.05, 4.69) is 0 Å². The lowest BCUT2D eigenvalue weighted by Gasteiger charge is -2.29. The van der Waals surface area contributed by atoms with Crippen molar-refractivity contribution in [3.63, 3.8) is 0 Å². The van der Waals surface area contributed by atoms with Crippen molar-refractivity contribution in [2.45, 2.75) is 25.8 Å². The van der Waals surface area contributed by atoms with Gasteiger partial charge in [-0.15, -0.1) is 0 Å². The number of carbonyl (C=O) groups excluding carboxylic acids is 2. The molecule has 132 valence electrons. The third-order valence-electron chi connectivity index (χ3n) is 4.67. The summed E-state index contributed by atoms with van der Waals surface area (Å²) in [7, 11) is 0. The predicted molar refractivity (Wildman–Crippen MR) is 102 cm³/mol. The molecule has 2 aromatic rings. The molecule has 0 spiro atoms. The molecule has 0 saturated heterocycles. The van der Waals surface area contributed by atoms with Gasteiger partial charge in [0.1, 0.15) is 6.04 Å². The van der Waals surface area contributed by atoms with Crippen LogP contribution in [-0.4, -0.2) is 22.6 Å². The Labute approximate surface area is 153 Å². The molecule has 0 aliphatic carbocycles. The highest BCUT2D eigenvalue weighted by Crippen LogP contribution is 2.32. The van der Waals surface area contributed by atoms with Gasteiger partial charge in [0.15, 0.2) is 5.78 Å². The van der Waals surface area contributed by atoms with Crippen LogP contribution >= 0.6 is 0 Å². The smallest absolute Gasteiger partial charge is 0.240 e. The molecule has 2 N–H and O–H groups in total. The largest absolute Gasteiger partial charge is 0.368 e. The zero-order valence-corrected chi connectivity index (χ0v) is 14.9. The first-order valence-electron chi connectivity index (χ1n) is 8.60. The molecular weight excluding hydrogens is 324 g/mol. The summed E-state index contributed by atoms with van der Waals surface area (Å²) < 4.78 is 0. The maximum atomic E-state index is 13.1. The van der Waals surface area contributed by atoms with Crippen molar-refractivity contribution in [1.82, 2.24) is 4.90 Å². The Morgan fingerprint density at radius 3 is 2.31 bits per heavy atom. The van der Waals surface area contributed by atoms with E-state index in [0.29, 0.717) is 11.1 Å². The lowest BCUT2D eigenvalue weighted by molar-refractivity contribution is -0.121. The predicted octanol–water partition coefficient (Wildman–Crippen LogP) is 3.55. The van der Waals surface area contributed by atoms with E-state index in [1.807, 2.05) is 61.7 Å². The van der Waals surface area contributed by atoms with Gasteiger partial charge in [0.2, 0.25) is 5.91 Å². The number of hydrogen-bond acceptors (Lipinski definition) is 3. The summed E-state index contributed by atoms with van der Waals surface area (Å²) in [5.41, 5.74) is 8.88. The van der Waals surface area contributed by atoms with Gasteiger partial charge in [-0.3, -0.25) is 9.59 Å². The lowest BCUT2D eigenvalue weighted by Crippen LogP contribution is -2.38. The van der Waals surface area contributed by atoms with Crippen molar-refractivity contribution in [3.05, 3.63) is 95.3 Å². The van der Waals surface area contributed by atoms with Gasteiger partial charge >= 0.3 is 0 Å². The molecule has 1 heterocycles. The zero-order valence-electron chi connectivity index (χ0n) is 14.9. The van der Waals surface area contributed by atoms with Crippen LogP contribution in [0.4, 0.5) is 0 Å². The first-order chi connectivity index (χ1) is 12.5. The molecule has 1 aliphatic rings. The fourth-order valence-corrected chi connectivity index (χ4v) is 2.98. The van der Waals surface area contributed by atoms with Crippen LogP contribution in [0.15, 0.2) is 78.6 Å². The fourth-order valence-electron chi connectivity index (χ4n) is 2.98. The number of benzene rings is 2. The Hall–Kier alpha value is -3.14. The Balaban J connectivity index is 2.02. The number of primary amides is 1. The van der Waals surface area contributed by atoms with Gasteiger partial charge in [-0.25, -0.2) is 0 Å². The number of carbonyl (C=O) groups is 2. The fraction of sp³-hybridized carbons (Fsp3) is 0.182. The number of nitrogens with zero attached hydrogens (tertiary/aromatic N) is 1. The van der Waals surface area contributed by atoms with Crippen molar-refractivity contribution >= 4 is 11.7 Å². The molecule has 4 heteroatoms. The third-order valence-corrected chi connectivity index (χ3v) is 4.67. The van der Waals surface area contributed by atoms with Gasteiger partial charge in [0.05, 0.1) is 0 Å². The van der Waals surface area contributed by atoms with E-state index in [-0.39, 0.29) is 11.7 Å². The molecule has 26 heavy (non-hydrogen) atoms. The van der Waals surface area contributed by atoms with E-state index >= 15 is 0 Å². The van der Waals surface area contributed by atoms with Gasteiger partial charge in [0, 0.05) is 29.5 Å². The average Bonchev–Trinajstić information content (AvgIpc) is 2.67. The van der Waals surface area contributed by atoms with Crippen LogP contribution < -0.4 is 5.73 Å². The second-order valence-corrected chi connectivity index (χ2v) is 6.54.